The molecule has 9 aromatic rings. The molecule has 0 unspecified atom stereocenters. The Kier molecular flexibility index (Phi) is 5.82. The lowest BCUT2D eigenvalue weighted by atomic mass is 9.82. The quantitative estimate of drug-likeness (QED) is 0.192. The Morgan fingerprint density at radius 2 is 1.15 bits per heavy atom. The van der Waals surface area contributed by atoms with Crippen LogP contribution in [-0.4, -0.2) is 0 Å². The molecule has 2 heterocycles. The van der Waals surface area contributed by atoms with Crippen molar-refractivity contribution in [3.05, 3.63) is 163 Å². The molecule has 2 aromatic heterocycles. The van der Waals surface area contributed by atoms with Crippen LogP contribution in [0.25, 0.3) is 64.4 Å². The molecular weight excluding hydrogens is 603 g/mol. The first-order valence-electron chi connectivity index (χ1n) is 16.5. The molecule has 10 rings (SSSR count). The Morgan fingerprint density at radius 3 is 2.06 bits per heavy atom. The number of para-hydroxylation sites is 2. The van der Waals surface area contributed by atoms with E-state index in [0.717, 1.165) is 44.4 Å². The molecule has 0 N–H and O–H groups in total. The van der Waals surface area contributed by atoms with Gasteiger partial charge in [0.05, 0.1) is 11.4 Å². The van der Waals surface area contributed by atoms with Crippen molar-refractivity contribution in [3.8, 4) is 22.3 Å². The standard InChI is InChI=1S/C45H31NOS/c1-45(2)35-18-7-3-15-33(35)44-36(45)19-12-21-38(44)46(28-25-26-31-30-14-6-10-24-41(30)48-42(31)27-28)37-20-8-4-13-29(37)32-17-11-23-40-43(32)34-16-5-9-22-39(34)47-40/h3-27H,1-2H3. The molecule has 0 aliphatic heterocycles. The minimum Gasteiger partial charge on any atom is -0.456 e. The molecule has 7 aromatic carbocycles. The maximum absolute atomic E-state index is 6.37. The van der Waals surface area contributed by atoms with Gasteiger partial charge in [-0.25, -0.2) is 0 Å². The molecule has 0 bridgehead atoms. The van der Waals surface area contributed by atoms with Crippen LogP contribution >= 0.6 is 11.3 Å². The van der Waals surface area contributed by atoms with Gasteiger partial charge in [-0.1, -0.05) is 123 Å². The maximum atomic E-state index is 6.37. The minimum absolute atomic E-state index is 0.107. The third-order valence-corrected chi connectivity index (χ3v) is 11.4. The zero-order chi connectivity index (χ0) is 32.0. The molecule has 2 nitrogen and oxygen atoms in total. The highest BCUT2D eigenvalue weighted by Gasteiger charge is 2.38. The van der Waals surface area contributed by atoms with Gasteiger partial charge in [0.15, 0.2) is 0 Å². The Balaban J connectivity index is 1.29. The average molecular weight is 634 g/mol. The molecule has 0 spiro atoms. The van der Waals surface area contributed by atoms with Crippen LogP contribution in [0.5, 0.6) is 0 Å². The van der Waals surface area contributed by atoms with E-state index < -0.39 is 0 Å². The van der Waals surface area contributed by atoms with Crippen LogP contribution in [0.3, 0.4) is 0 Å². The van der Waals surface area contributed by atoms with Crippen molar-refractivity contribution in [2.24, 2.45) is 0 Å². The number of hydrogen-bond acceptors (Lipinski definition) is 3. The van der Waals surface area contributed by atoms with Crippen molar-refractivity contribution < 1.29 is 4.42 Å². The SMILES string of the molecule is CC1(C)c2ccccc2-c2c(N(c3ccc4c(c3)sc3ccccc34)c3ccccc3-c3cccc4oc5ccccc5c34)cccc21. The first-order valence-corrected chi connectivity index (χ1v) is 17.3. The lowest BCUT2D eigenvalue weighted by Crippen LogP contribution is -2.16. The summed E-state index contributed by atoms with van der Waals surface area (Å²) < 4.78 is 8.97. The van der Waals surface area contributed by atoms with Crippen LogP contribution in [0, 0.1) is 0 Å². The largest absolute Gasteiger partial charge is 0.456 e. The molecular formula is C45H31NOS. The predicted molar refractivity (Wildman–Crippen MR) is 204 cm³/mol. The number of thiophene rings is 1. The highest BCUT2D eigenvalue weighted by atomic mass is 32.1. The fourth-order valence-corrected chi connectivity index (χ4v) is 9.22. The number of benzene rings is 7. The van der Waals surface area contributed by atoms with E-state index in [0.29, 0.717) is 0 Å². The summed E-state index contributed by atoms with van der Waals surface area (Å²) in [4.78, 5) is 2.50. The van der Waals surface area contributed by atoms with Gasteiger partial charge in [-0.2, -0.15) is 0 Å². The summed E-state index contributed by atoms with van der Waals surface area (Å²) in [7, 11) is 0. The van der Waals surface area contributed by atoms with Crippen molar-refractivity contribution >= 4 is 70.5 Å². The molecule has 1 aliphatic rings. The number of hydrogen-bond donors (Lipinski definition) is 0. The van der Waals surface area contributed by atoms with Crippen LogP contribution in [0.2, 0.25) is 0 Å². The van der Waals surface area contributed by atoms with E-state index in [1.165, 1.54) is 48.1 Å². The first kappa shape index (κ1) is 27.5. The predicted octanol–water partition coefficient (Wildman–Crippen LogP) is 13.4. The second-order valence-corrected chi connectivity index (χ2v) is 14.4. The van der Waals surface area contributed by atoms with E-state index in [1.54, 1.807) is 0 Å². The normalized spacial score (nSPS) is 13.4. The molecule has 0 amide bonds. The van der Waals surface area contributed by atoms with Gasteiger partial charge >= 0.3 is 0 Å². The monoisotopic (exact) mass is 633 g/mol. The Bertz CT molecular complexity index is 2730. The Morgan fingerprint density at radius 1 is 0.500 bits per heavy atom. The zero-order valence-corrected chi connectivity index (χ0v) is 27.5. The number of fused-ring (bicyclic) bond motifs is 9. The number of anilines is 3. The highest BCUT2D eigenvalue weighted by molar-refractivity contribution is 7.25. The summed E-state index contributed by atoms with van der Waals surface area (Å²) in [5.41, 5.74) is 12.8. The van der Waals surface area contributed by atoms with E-state index in [1.807, 2.05) is 17.4 Å². The fourth-order valence-electron chi connectivity index (χ4n) is 8.08. The fraction of sp³-hybridized carbons (Fsp3) is 0.0667. The third kappa shape index (κ3) is 3.85. The van der Waals surface area contributed by atoms with Crippen LogP contribution in [0.4, 0.5) is 17.1 Å². The molecule has 0 fully saturated rings. The van der Waals surface area contributed by atoms with Gasteiger partial charge in [-0.3, -0.25) is 0 Å². The van der Waals surface area contributed by atoms with E-state index in [-0.39, 0.29) is 5.41 Å². The van der Waals surface area contributed by atoms with E-state index in [9.17, 15) is 0 Å². The Hall–Kier alpha value is -5.64. The van der Waals surface area contributed by atoms with Crippen molar-refractivity contribution in [2.75, 3.05) is 4.90 Å². The second-order valence-electron chi connectivity index (χ2n) is 13.3. The third-order valence-electron chi connectivity index (χ3n) is 10.3. The molecule has 0 atom stereocenters. The number of nitrogens with zero attached hydrogens (tertiary/aromatic N) is 1. The molecule has 1 aliphatic carbocycles. The van der Waals surface area contributed by atoms with Crippen LogP contribution in [-0.2, 0) is 5.41 Å². The lowest BCUT2D eigenvalue weighted by molar-refractivity contribution is 0.660. The van der Waals surface area contributed by atoms with Gasteiger partial charge in [-0.05, 0) is 64.7 Å². The van der Waals surface area contributed by atoms with Crippen molar-refractivity contribution in [2.45, 2.75) is 19.3 Å². The second kappa shape index (κ2) is 10.2. The summed E-state index contributed by atoms with van der Waals surface area (Å²) >= 11 is 1.86. The average Bonchev–Trinajstić information content (AvgIpc) is 3.77. The molecule has 0 saturated heterocycles. The van der Waals surface area contributed by atoms with Crippen molar-refractivity contribution in [1.29, 1.82) is 0 Å². The zero-order valence-electron chi connectivity index (χ0n) is 26.7. The van der Waals surface area contributed by atoms with Gasteiger partial charge < -0.3 is 9.32 Å². The van der Waals surface area contributed by atoms with Crippen LogP contribution < -0.4 is 4.90 Å². The maximum Gasteiger partial charge on any atom is 0.136 e. The molecule has 0 saturated carbocycles. The smallest absolute Gasteiger partial charge is 0.136 e. The van der Waals surface area contributed by atoms with Crippen molar-refractivity contribution in [3.63, 3.8) is 0 Å². The van der Waals surface area contributed by atoms with Gasteiger partial charge in [0.2, 0.25) is 0 Å². The first-order chi connectivity index (χ1) is 23.6. The summed E-state index contributed by atoms with van der Waals surface area (Å²) in [5, 5.41) is 4.88. The summed E-state index contributed by atoms with van der Waals surface area (Å²) in [6, 6.07) is 55.2. The van der Waals surface area contributed by atoms with Crippen LogP contribution in [0.15, 0.2) is 156 Å². The minimum atomic E-state index is -0.107. The number of furan rings is 1. The van der Waals surface area contributed by atoms with E-state index in [2.05, 4.69) is 164 Å². The van der Waals surface area contributed by atoms with Gasteiger partial charge in [0.25, 0.3) is 0 Å². The van der Waals surface area contributed by atoms with E-state index in [4.69, 9.17) is 4.42 Å². The molecule has 48 heavy (non-hydrogen) atoms. The van der Waals surface area contributed by atoms with Gasteiger partial charge in [0.1, 0.15) is 11.2 Å². The van der Waals surface area contributed by atoms with Gasteiger partial charge in [-0.15, -0.1) is 11.3 Å². The van der Waals surface area contributed by atoms with Gasteiger partial charge in [0, 0.05) is 53.2 Å². The summed E-state index contributed by atoms with van der Waals surface area (Å²) in [5.74, 6) is 0. The van der Waals surface area contributed by atoms with Crippen LogP contribution in [0.1, 0.15) is 25.0 Å². The Labute approximate surface area is 283 Å². The highest BCUT2D eigenvalue weighted by Crippen LogP contribution is 2.55. The summed E-state index contributed by atoms with van der Waals surface area (Å²) in [6.45, 7) is 4.71. The van der Waals surface area contributed by atoms with Crippen molar-refractivity contribution in [1.82, 2.24) is 0 Å². The number of rotatable bonds is 4. The van der Waals surface area contributed by atoms with E-state index >= 15 is 0 Å². The lowest BCUT2D eigenvalue weighted by Gasteiger charge is -2.30. The molecule has 0 radical (unpaired) electrons. The molecule has 3 heteroatoms. The summed E-state index contributed by atoms with van der Waals surface area (Å²) in [6.07, 6.45) is 0. The molecule has 228 valence electrons. The topological polar surface area (TPSA) is 16.4 Å².